The first-order chi connectivity index (χ1) is 9.32. The first kappa shape index (κ1) is 16.5. The molecule has 0 unspecified atom stereocenters. The second-order valence-corrected chi connectivity index (χ2v) is 6.00. The topological polar surface area (TPSA) is 81.4 Å². The molecule has 8 heteroatoms. The summed E-state index contributed by atoms with van der Waals surface area (Å²) >= 11 is 0. The quantitative estimate of drug-likeness (QED) is 0.853. The van der Waals surface area contributed by atoms with Crippen molar-refractivity contribution in [1.29, 1.82) is 5.26 Å². The van der Waals surface area contributed by atoms with Crippen LogP contribution >= 0.6 is 0 Å². The number of sulfonamides is 1. The van der Waals surface area contributed by atoms with E-state index in [4.69, 9.17) is 10.4 Å². The van der Waals surface area contributed by atoms with Crippen LogP contribution in [0.25, 0.3) is 0 Å². The molecule has 0 aliphatic heterocycles. The summed E-state index contributed by atoms with van der Waals surface area (Å²) in [4.78, 5) is -0.178. The minimum atomic E-state index is -4.12. The van der Waals surface area contributed by atoms with Crippen molar-refractivity contribution in [1.82, 2.24) is 4.31 Å². The van der Waals surface area contributed by atoms with Crippen LogP contribution in [0.2, 0.25) is 0 Å². The normalized spacial score (nSPS) is 11.8. The molecule has 0 amide bonds. The minimum absolute atomic E-state index is 0.178. The monoisotopic (exact) mass is 304 g/mol. The number of rotatable bonds is 6. The van der Waals surface area contributed by atoms with Gasteiger partial charge in [0.15, 0.2) is 0 Å². The average Bonchev–Trinajstić information content (AvgIpc) is 2.37. The van der Waals surface area contributed by atoms with Crippen LogP contribution in [-0.2, 0) is 10.0 Å². The third kappa shape index (κ3) is 3.72. The van der Waals surface area contributed by atoms with Crippen LogP contribution in [0.5, 0.6) is 0 Å². The number of aryl methyl sites for hydroxylation is 1. The maximum atomic E-state index is 12.4. The van der Waals surface area contributed by atoms with Gasteiger partial charge in [0, 0.05) is 6.54 Å². The molecule has 0 bridgehead atoms. The summed E-state index contributed by atoms with van der Waals surface area (Å²) in [7, 11) is -4.12. The van der Waals surface area contributed by atoms with Gasteiger partial charge in [0.05, 0.1) is 29.7 Å². The van der Waals surface area contributed by atoms with E-state index < -0.39 is 36.1 Å². The lowest BCUT2D eigenvalue weighted by Crippen LogP contribution is -2.37. The zero-order valence-electron chi connectivity index (χ0n) is 10.8. The van der Waals surface area contributed by atoms with Gasteiger partial charge in [-0.25, -0.2) is 17.2 Å². The number of aliphatic hydroxyl groups excluding tert-OH is 1. The first-order valence-corrected chi connectivity index (χ1v) is 7.17. The standard InChI is InChI=1S/C12H14F2N2O3S/c1-9-6-11(3-2-10(9)7-15)20(18,19)16(4-5-17)8-12(13)14/h2-3,6,12,17H,4-5,8H2,1H3. The number of aliphatic hydroxyl groups is 1. The highest BCUT2D eigenvalue weighted by Crippen LogP contribution is 2.19. The van der Waals surface area contributed by atoms with E-state index in [1.54, 1.807) is 6.92 Å². The molecule has 0 heterocycles. The molecule has 0 fully saturated rings. The lowest BCUT2D eigenvalue weighted by Gasteiger charge is -2.21. The Morgan fingerprint density at radius 2 is 2.10 bits per heavy atom. The second-order valence-electron chi connectivity index (χ2n) is 4.07. The van der Waals surface area contributed by atoms with E-state index in [2.05, 4.69) is 0 Å². The van der Waals surface area contributed by atoms with Gasteiger partial charge in [-0.1, -0.05) is 0 Å². The molecular formula is C12H14F2N2O3S. The molecule has 1 aromatic rings. The molecule has 1 aromatic carbocycles. The summed E-state index contributed by atoms with van der Waals surface area (Å²) in [5, 5.41) is 17.6. The molecule has 0 spiro atoms. The van der Waals surface area contributed by atoms with Gasteiger partial charge >= 0.3 is 0 Å². The molecule has 1 rings (SSSR count). The smallest absolute Gasteiger partial charge is 0.252 e. The van der Waals surface area contributed by atoms with Crippen molar-refractivity contribution in [3.63, 3.8) is 0 Å². The van der Waals surface area contributed by atoms with E-state index in [1.807, 2.05) is 6.07 Å². The molecular weight excluding hydrogens is 290 g/mol. The van der Waals surface area contributed by atoms with Crippen molar-refractivity contribution in [3.05, 3.63) is 29.3 Å². The highest BCUT2D eigenvalue weighted by atomic mass is 32.2. The number of benzene rings is 1. The van der Waals surface area contributed by atoms with Crippen molar-refractivity contribution in [2.75, 3.05) is 19.7 Å². The minimum Gasteiger partial charge on any atom is -0.395 e. The van der Waals surface area contributed by atoms with Gasteiger partial charge in [-0.15, -0.1) is 0 Å². The van der Waals surface area contributed by atoms with Gasteiger partial charge in [-0.2, -0.15) is 9.57 Å². The summed E-state index contributed by atoms with van der Waals surface area (Å²) in [6, 6.07) is 5.66. The number of hydrogen-bond acceptors (Lipinski definition) is 4. The van der Waals surface area contributed by atoms with Crippen molar-refractivity contribution in [3.8, 4) is 6.07 Å². The third-order valence-corrected chi connectivity index (χ3v) is 4.51. The van der Waals surface area contributed by atoms with E-state index in [0.29, 0.717) is 15.4 Å². The molecule has 0 radical (unpaired) electrons. The third-order valence-electron chi connectivity index (χ3n) is 2.65. The van der Waals surface area contributed by atoms with Gasteiger partial charge < -0.3 is 5.11 Å². The zero-order valence-corrected chi connectivity index (χ0v) is 11.6. The van der Waals surface area contributed by atoms with E-state index in [1.165, 1.54) is 18.2 Å². The Labute approximate surface area is 116 Å². The molecule has 110 valence electrons. The summed E-state index contributed by atoms with van der Waals surface area (Å²) in [5.74, 6) is 0. The summed E-state index contributed by atoms with van der Waals surface area (Å²) in [6.07, 6.45) is -2.84. The lowest BCUT2D eigenvalue weighted by atomic mass is 10.1. The van der Waals surface area contributed by atoms with Crippen LogP contribution in [0.4, 0.5) is 8.78 Å². The average molecular weight is 304 g/mol. The predicted octanol–water partition coefficient (Wildman–Crippen LogP) is 1.11. The molecule has 0 aliphatic carbocycles. The Bertz CT molecular complexity index is 612. The Morgan fingerprint density at radius 3 is 2.55 bits per heavy atom. The SMILES string of the molecule is Cc1cc(S(=O)(=O)N(CCO)CC(F)F)ccc1C#N. The fraction of sp³-hybridized carbons (Fsp3) is 0.417. The zero-order chi connectivity index (χ0) is 15.3. The highest BCUT2D eigenvalue weighted by Gasteiger charge is 2.27. The van der Waals surface area contributed by atoms with E-state index in [0.717, 1.165) is 0 Å². The van der Waals surface area contributed by atoms with E-state index in [-0.39, 0.29) is 4.90 Å². The Balaban J connectivity index is 3.19. The molecule has 0 atom stereocenters. The van der Waals surface area contributed by atoms with Crippen LogP contribution in [0, 0.1) is 18.3 Å². The largest absolute Gasteiger partial charge is 0.395 e. The maximum Gasteiger partial charge on any atom is 0.252 e. The number of nitrogens with zero attached hydrogens (tertiary/aromatic N) is 2. The van der Waals surface area contributed by atoms with Crippen molar-refractivity contribution >= 4 is 10.0 Å². The Hall–Kier alpha value is -1.56. The van der Waals surface area contributed by atoms with Gasteiger partial charge in [0.25, 0.3) is 6.43 Å². The molecule has 1 N–H and O–H groups in total. The molecule has 0 saturated heterocycles. The fourth-order valence-corrected chi connectivity index (χ4v) is 3.14. The van der Waals surface area contributed by atoms with Crippen LogP contribution in [0.15, 0.2) is 23.1 Å². The van der Waals surface area contributed by atoms with Gasteiger partial charge in [0.2, 0.25) is 10.0 Å². The van der Waals surface area contributed by atoms with Crippen molar-refractivity contribution < 1.29 is 22.3 Å². The second kappa shape index (κ2) is 6.74. The van der Waals surface area contributed by atoms with Crippen molar-refractivity contribution in [2.24, 2.45) is 0 Å². The van der Waals surface area contributed by atoms with Crippen LogP contribution in [-0.4, -0.2) is 44.0 Å². The Kier molecular flexibility index (Phi) is 5.56. The number of hydrogen-bond donors (Lipinski definition) is 1. The Morgan fingerprint density at radius 1 is 1.45 bits per heavy atom. The molecule has 0 aliphatic rings. The summed E-state index contributed by atoms with van der Waals surface area (Å²) in [6.45, 7) is -0.393. The fourth-order valence-electron chi connectivity index (χ4n) is 1.65. The van der Waals surface area contributed by atoms with Crippen LogP contribution in [0.1, 0.15) is 11.1 Å². The van der Waals surface area contributed by atoms with Crippen molar-refractivity contribution in [2.45, 2.75) is 18.2 Å². The number of alkyl halides is 2. The molecule has 5 nitrogen and oxygen atoms in total. The van der Waals surface area contributed by atoms with Gasteiger partial charge in [-0.3, -0.25) is 0 Å². The van der Waals surface area contributed by atoms with Crippen LogP contribution in [0.3, 0.4) is 0 Å². The number of nitriles is 1. The van der Waals surface area contributed by atoms with E-state index in [9.17, 15) is 17.2 Å². The summed E-state index contributed by atoms with van der Waals surface area (Å²) in [5.41, 5.74) is 0.751. The maximum absolute atomic E-state index is 12.4. The first-order valence-electron chi connectivity index (χ1n) is 5.73. The van der Waals surface area contributed by atoms with E-state index >= 15 is 0 Å². The van der Waals surface area contributed by atoms with Gasteiger partial charge in [-0.05, 0) is 30.7 Å². The molecule has 0 saturated carbocycles. The molecule has 0 aromatic heterocycles. The number of halogens is 2. The summed E-state index contributed by atoms with van der Waals surface area (Å²) < 4.78 is 49.8. The lowest BCUT2D eigenvalue weighted by molar-refractivity contribution is 0.113. The molecule has 20 heavy (non-hydrogen) atoms. The van der Waals surface area contributed by atoms with Gasteiger partial charge in [0.1, 0.15) is 0 Å². The van der Waals surface area contributed by atoms with Crippen LogP contribution < -0.4 is 0 Å². The highest BCUT2D eigenvalue weighted by molar-refractivity contribution is 7.89. The predicted molar refractivity (Wildman–Crippen MR) is 67.7 cm³/mol.